The maximum Gasteiger partial charge on any atom is 0.155 e. The number of imidazole rings is 1. The Labute approximate surface area is 102 Å². The fourth-order valence-electron chi connectivity index (χ4n) is 1.83. The van der Waals surface area contributed by atoms with Crippen LogP contribution in [0.25, 0.3) is 5.65 Å². The van der Waals surface area contributed by atoms with E-state index in [0.29, 0.717) is 0 Å². The lowest BCUT2D eigenvalue weighted by atomic mass is 10.1. The highest BCUT2D eigenvalue weighted by molar-refractivity contribution is 9.10. The Balaban J connectivity index is 1.82. The molecular formula is C11H13BrN4. The number of fused-ring (bicyclic) bond motifs is 1. The Morgan fingerprint density at radius 3 is 3.00 bits per heavy atom. The second-order valence-corrected chi connectivity index (χ2v) is 5.38. The monoisotopic (exact) mass is 280 g/mol. The van der Waals surface area contributed by atoms with Crippen LogP contribution in [-0.2, 0) is 6.42 Å². The third-order valence-corrected chi connectivity index (χ3v) is 3.54. The summed E-state index contributed by atoms with van der Waals surface area (Å²) in [5, 5.41) is 0. The van der Waals surface area contributed by atoms with Crippen molar-refractivity contribution < 1.29 is 0 Å². The van der Waals surface area contributed by atoms with E-state index < -0.39 is 0 Å². The van der Waals surface area contributed by atoms with Gasteiger partial charge in [0, 0.05) is 17.9 Å². The SMILES string of the molecule is NC1(CCc2cn3cc(Br)ncc3n2)CC1. The second-order valence-electron chi connectivity index (χ2n) is 4.57. The van der Waals surface area contributed by atoms with Gasteiger partial charge in [-0.1, -0.05) is 0 Å². The van der Waals surface area contributed by atoms with E-state index in [1.54, 1.807) is 6.20 Å². The molecule has 1 saturated carbocycles. The van der Waals surface area contributed by atoms with Gasteiger partial charge in [-0.05, 0) is 41.6 Å². The smallest absolute Gasteiger partial charge is 0.155 e. The first-order valence-corrected chi connectivity index (χ1v) is 6.22. The molecule has 4 nitrogen and oxygen atoms in total. The molecule has 3 rings (SSSR count). The van der Waals surface area contributed by atoms with Crippen LogP contribution < -0.4 is 5.73 Å². The quantitative estimate of drug-likeness (QED) is 0.935. The van der Waals surface area contributed by atoms with Crippen LogP contribution in [0.15, 0.2) is 23.2 Å². The van der Waals surface area contributed by atoms with E-state index in [2.05, 4.69) is 25.9 Å². The molecule has 0 spiro atoms. The van der Waals surface area contributed by atoms with Crippen molar-refractivity contribution in [1.29, 1.82) is 0 Å². The summed E-state index contributed by atoms with van der Waals surface area (Å²) in [7, 11) is 0. The van der Waals surface area contributed by atoms with Crippen LogP contribution in [0.5, 0.6) is 0 Å². The van der Waals surface area contributed by atoms with E-state index in [1.165, 1.54) is 0 Å². The maximum atomic E-state index is 6.06. The summed E-state index contributed by atoms with van der Waals surface area (Å²) in [6.07, 6.45) is 10.0. The fraction of sp³-hybridized carbons (Fsp3) is 0.455. The van der Waals surface area contributed by atoms with E-state index in [-0.39, 0.29) is 5.54 Å². The summed E-state index contributed by atoms with van der Waals surface area (Å²) in [5.74, 6) is 0. The van der Waals surface area contributed by atoms with Crippen molar-refractivity contribution >= 4 is 21.6 Å². The maximum absolute atomic E-state index is 6.06. The van der Waals surface area contributed by atoms with Gasteiger partial charge in [-0.3, -0.25) is 0 Å². The average molecular weight is 281 g/mol. The molecule has 0 radical (unpaired) electrons. The van der Waals surface area contributed by atoms with Gasteiger partial charge in [0.2, 0.25) is 0 Å². The Morgan fingerprint density at radius 1 is 1.44 bits per heavy atom. The number of rotatable bonds is 3. The summed E-state index contributed by atoms with van der Waals surface area (Å²) < 4.78 is 2.81. The van der Waals surface area contributed by atoms with E-state index in [4.69, 9.17) is 5.73 Å². The first-order valence-electron chi connectivity index (χ1n) is 5.43. The predicted molar refractivity (Wildman–Crippen MR) is 65.2 cm³/mol. The number of nitrogens with two attached hydrogens (primary N) is 1. The standard InChI is InChI=1S/C11H13BrN4/c12-9-7-16-6-8(15-10(16)5-14-9)1-2-11(13)3-4-11/h5-7H,1-4,13H2. The zero-order valence-electron chi connectivity index (χ0n) is 8.86. The minimum atomic E-state index is 0.106. The van der Waals surface area contributed by atoms with E-state index in [1.807, 2.05) is 16.8 Å². The van der Waals surface area contributed by atoms with Gasteiger partial charge < -0.3 is 10.1 Å². The second kappa shape index (κ2) is 3.53. The van der Waals surface area contributed by atoms with Gasteiger partial charge in [0.25, 0.3) is 0 Å². The minimum Gasteiger partial charge on any atom is -0.325 e. The molecule has 0 unspecified atom stereocenters. The highest BCUT2D eigenvalue weighted by Gasteiger charge is 2.37. The Kier molecular flexibility index (Phi) is 2.26. The van der Waals surface area contributed by atoms with Crippen LogP contribution in [0.1, 0.15) is 25.0 Å². The average Bonchev–Trinajstić information content (AvgIpc) is 2.85. The highest BCUT2D eigenvalue weighted by atomic mass is 79.9. The molecule has 0 aromatic carbocycles. The van der Waals surface area contributed by atoms with Crippen molar-refractivity contribution in [1.82, 2.24) is 14.4 Å². The molecule has 2 heterocycles. The van der Waals surface area contributed by atoms with Gasteiger partial charge in [0.05, 0.1) is 11.9 Å². The lowest BCUT2D eigenvalue weighted by Gasteiger charge is -2.04. The Bertz CT molecular complexity index is 530. The number of halogens is 1. The van der Waals surface area contributed by atoms with Gasteiger partial charge in [-0.15, -0.1) is 0 Å². The highest BCUT2D eigenvalue weighted by Crippen LogP contribution is 2.36. The lowest BCUT2D eigenvalue weighted by molar-refractivity contribution is 0.604. The minimum absolute atomic E-state index is 0.106. The van der Waals surface area contributed by atoms with Crippen LogP contribution in [0.3, 0.4) is 0 Å². The molecule has 1 aliphatic carbocycles. The first kappa shape index (κ1) is 10.2. The number of hydrogen-bond acceptors (Lipinski definition) is 3. The van der Waals surface area contributed by atoms with Gasteiger partial charge in [0.15, 0.2) is 5.65 Å². The molecule has 0 amide bonds. The molecule has 0 atom stereocenters. The summed E-state index contributed by atoms with van der Waals surface area (Å²) in [4.78, 5) is 8.66. The van der Waals surface area contributed by atoms with Crippen LogP contribution in [-0.4, -0.2) is 19.9 Å². The van der Waals surface area contributed by atoms with E-state index >= 15 is 0 Å². The first-order chi connectivity index (χ1) is 7.65. The van der Waals surface area contributed by atoms with Crippen LogP contribution in [0, 0.1) is 0 Å². The number of aromatic nitrogens is 3. The summed E-state index contributed by atoms with van der Waals surface area (Å²) >= 11 is 3.34. The molecule has 2 aromatic rings. The molecule has 16 heavy (non-hydrogen) atoms. The number of nitrogens with zero attached hydrogens (tertiary/aromatic N) is 3. The van der Waals surface area contributed by atoms with Crippen molar-refractivity contribution in [2.75, 3.05) is 0 Å². The third kappa shape index (κ3) is 1.97. The van der Waals surface area contributed by atoms with Crippen LogP contribution >= 0.6 is 15.9 Å². The van der Waals surface area contributed by atoms with Crippen LogP contribution in [0.2, 0.25) is 0 Å². The molecule has 0 saturated heterocycles. The fourth-order valence-corrected chi connectivity index (χ4v) is 2.16. The van der Waals surface area contributed by atoms with Crippen molar-refractivity contribution in [2.24, 2.45) is 5.73 Å². The van der Waals surface area contributed by atoms with Gasteiger partial charge in [-0.25, -0.2) is 9.97 Å². The van der Waals surface area contributed by atoms with Crippen molar-refractivity contribution in [3.63, 3.8) is 0 Å². The topological polar surface area (TPSA) is 56.2 Å². The third-order valence-electron chi connectivity index (χ3n) is 3.13. The molecule has 0 bridgehead atoms. The van der Waals surface area contributed by atoms with Crippen molar-refractivity contribution in [2.45, 2.75) is 31.2 Å². The normalized spacial score (nSPS) is 17.9. The molecule has 1 aliphatic rings. The number of hydrogen-bond donors (Lipinski definition) is 1. The lowest BCUT2D eigenvalue weighted by Crippen LogP contribution is -2.22. The largest absolute Gasteiger partial charge is 0.325 e. The molecule has 84 valence electrons. The molecule has 1 fully saturated rings. The molecule has 5 heteroatoms. The van der Waals surface area contributed by atoms with Gasteiger partial charge in [0.1, 0.15) is 4.60 Å². The van der Waals surface area contributed by atoms with E-state index in [9.17, 15) is 0 Å². The summed E-state index contributed by atoms with van der Waals surface area (Å²) in [6, 6.07) is 0. The predicted octanol–water partition coefficient (Wildman–Crippen LogP) is 1.92. The van der Waals surface area contributed by atoms with Gasteiger partial charge in [-0.2, -0.15) is 0 Å². The zero-order valence-corrected chi connectivity index (χ0v) is 10.4. The van der Waals surface area contributed by atoms with Crippen molar-refractivity contribution in [3.8, 4) is 0 Å². The van der Waals surface area contributed by atoms with Gasteiger partial charge >= 0.3 is 0 Å². The molecule has 0 aliphatic heterocycles. The van der Waals surface area contributed by atoms with E-state index in [0.717, 1.165) is 41.6 Å². The van der Waals surface area contributed by atoms with Crippen molar-refractivity contribution in [3.05, 3.63) is 28.9 Å². The Morgan fingerprint density at radius 2 is 2.25 bits per heavy atom. The zero-order chi connectivity index (χ0) is 11.2. The Hall–Kier alpha value is -0.940. The molecule has 2 N–H and O–H groups in total. The van der Waals surface area contributed by atoms with Crippen LogP contribution in [0.4, 0.5) is 0 Å². The number of aryl methyl sites for hydroxylation is 1. The summed E-state index contributed by atoms with van der Waals surface area (Å²) in [5.41, 5.74) is 8.15. The molecular weight excluding hydrogens is 268 g/mol. The molecule has 2 aromatic heterocycles. The summed E-state index contributed by atoms with van der Waals surface area (Å²) in [6.45, 7) is 0.